The topological polar surface area (TPSA) is 125 Å². The monoisotopic (exact) mass is 678 g/mol. The summed E-state index contributed by atoms with van der Waals surface area (Å²) >= 11 is 6.13. The van der Waals surface area contributed by atoms with Crippen LogP contribution in [-0.2, 0) is 12.8 Å². The van der Waals surface area contributed by atoms with Gasteiger partial charge in [-0.15, -0.1) is 0 Å². The van der Waals surface area contributed by atoms with Crippen molar-refractivity contribution in [2.24, 2.45) is 0 Å². The third kappa shape index (κ3) is 9.06. The van der Waals surface area contributed by atoms with Crippen molar-refractivity contribution in [1.82, 2.24) is 15.3 Å². The zero-order valence-electron chi connectivity index (χ0n) is 27.2. The summed E-state index contributed by atoms with van der Waals surface area (Å²) in [7, 11) is 3.37. The second-order valence-corrected chi connectivity index (χ2v) is 12.6. The molecule has 1 fully saturated rings. The van der Waals surface area contributed by atoms with Crippen molar-refractivity contribution in [2.75, 3.05) is 51.9 Å². The van der Waals surface area contributed by atoms with E-state index in [1.54, 1.807) is 14.2 Å². The minimum Gasteiger partial charge on any atom is -1.00 e. The molecule has 47 heavy (non-hydrogen) atoms. The molecule has 2 atom stereocenters. The molecule has 1 aliphatic rings. The molecule has 1 amide bonds. The minimum absolute atomic E-state index is 0. The Kier molecular flexibility index (Phi) is 12.3. The number of quaternary nitrogens is 1. The molecule has 0 saturated carbocycles. The Balaban J connectivity index is 0.00000500. The molecule has 0 spiro atoms. The number of aryl methyl sites for hydroxylation is 3. The number of ether oxygens (including phenoxy) is 2. The van der Waals surface area contributed by atoms with Gasteiger partial charge in [-0.3, -0.25) is 4.79 Å². The maximum Gasteiger partial charge on any atom is 0.274 e. The van der Waals surface area contributed by atoms with E-state index in [1.165, 1.54) is 22.3 Å². The molecule has 2 heterocycles. The summed E-state index contributed by atoms with van der Waals surface area (Å²) in [5.41, 5.74) is 16.8. The highest BCUT2D eigenvalue weighted by Gasteiger charge is 2.46. The van der Waals surface area contributed by atoms with E-state index in [0.717, 1.165) is 67.8 Å². The lowest BCUT2D eigenvalue weighted by atomic mass is 9.93. The molecule has 0 radical (unpaired) electrons. The van der Waals surface area contributed by atoms with Crippen LogP contribution in [0.15, 0.2) is 72.8 Å². The van der Waals surface area contributed by atoms with Gasteiger partial charge in [0.25, 0.3) is 5.91 Å². The lowest BCUT2D eigenvalue weighted by Gasteiger charge is -2.35. The maximum atomic E-state index is 13.6. The second kappa shape index (κ2) is 16.2. The van der Waals surface area contributed by atoms with Gasteiger partial charge in [0.1, 0.15) is 18.0 Å². The number of carbonyl (C=O) groups is 1. The van der Waals surface area contributed by atoms with Gasteiger partial charge in [0.15, 0.2) is 22.5 Å². The van der Waals surface area contributed by atoms with Gasteiger partial charge in [0.2, 0.25) is 0 Å². The minimum atomic E-state index is -0.398. The highest BCUT2D eigenvalue weighted by Crippen LogP contribution is 2.35. The van der Waals surface area contributed by atoms with Crippen molar-refractivity contribution < 1.29 is 31.2 Å². The zero-order chi connectivity index (χ0) is 32.7. The molecule has 11 heteroatoms. The number of carbonyl (C=O) groups excluding carboxylic acids is 1. The number of halogens is 2. The van der Waals surface area contributed by atoms with Gasteiger partial charge in [-0.1, -0.05) is 65.7 Å². The summed E-state index contributed by atoms with van der Waals surface area (Å²) in [6.45, 7) is 5.75. The number of rotatable bonds is 13. The molecule has 5 rings (SSSR count). The standard InChI is InChI=1S/C36H43ClN6O3.ClH/c1-24-8-14-27(15-9-24)30-22-43(20-4-6-25-10-16-28(45-2)17-11-25,21-5-7-26-12-18-29(46-3)19-13-26)23-31(30)40-36(44)32-34(38)42-35(39)33(37)41-32;/h8-19,30-31H,4-7,20-23H2,1-3H3,(H4-,38,39,40,42,44);1H/t30?,31-;/m1./s1. The average Bonchev–Trinajstić information content (AvgIpc) is 3.41. The van der Waals surface area contributed by atoms with Crippen molar-refractivity contribution >= 4 is 29.1 Å². The van der Waals surface area contributed by atoms with E-state index in [0.29, 0.717) is 0 Å². The number of amides is 1. The Labute approximate surface area is 288 Å². The Morgan fingerprint density at radius 3 is 1.87 bits per heavy atom. The van der Waals surface area contributed by atoms with Crippen molar-refractivity contribution in [1.29, 1.82) is 0 Å². The number of hydrogen-bond donors (Lipinski definition) is 3. The highest BCUT2D eigenvalue weighted by molar-refractivity contribution is 6.31. The van der Waals surface area contributed by atoms with E-state index in [4.69, 9.17) is 32.5 Å². The highest BCUT2D eigenvalue weighted by atomic mass is 35.5. The first-order valence-corrected chi connectivity index (χ1v) is 16.1. The molecule has 250 valence electrons. The van der Waals surface area contributed by atoms with Crippen LogP contribution in [0.25, 0.3) is 0 Å². The number of nitrogens with zero attached hydrogens (tertiary/aromatic N) is 3. The van der Waals surface area contributed by atoms with Crippen LogP contribution in [0.3, 0.4) is 0 Å². The Morgan fingerprint density at radius 2 is 1.36 bits per heavy atom. The van der Waals surface area contributed by atoms with Gasteiger partial charge >= 0.3 is 0 Å². The van der Waals surface area contributed by atoms with Crippen LogP contribution in [0.4, 0.5) is 11.6 Å². The van der Waals surface area contributed by atoms with Crippen LogP contribution in [0, 0.1) is 6.92 Å². The molecule has 4 aromatic rings. The molecule has 3 aromatic carbocycles. The van der Waals surface area contributed by atoms with E-state index in [2.05, 4.69) is 70.7 Å². The maximum absolute atomic E-state index is 13.6. The number of aromatic nitrogens is 2. The number of nitrogens with two attached hydrogens (primary N) is 2. The summed E-state index contributed by atoms with van der Waals surface area (Å²) in [4.78, 5) is 21.8. The molecule has 0 aliphatic carbocycles. The first kappa shape index (κ1) is 35.8. The van der Waals surface area contributed by atoms with E-state index in [9.17, 15) is 4.79 Å². The summed E-state index contributed by atoms with van der Waals surface area (Å²) in [6, 6.07) is 25.1. The van der Waals surface area contributed by atoms with Gasteiger partial charge in [0, 0.05) is 12.8 Å². The normalized spacial score (nSPS) is 16.7. The number of hydrogen-bond acceptors (Lipinski definition) is 7. The van der Waals surface area contributed by atoms with Crippen LogP contribution in [0.2, 0.25) is 5.15 Å². The van der Waals surface area contributed by atoms with Gasteiger partial charge < -0.3 is 43.1 Å². The van der Waals surface area contributed by atoms with Crippen molar-refractivity contribution in [3.8, 4) is 11.5 Å². The zero-order valence-corrected chi connectivity index (χ0v) is 28.7. The predicted octanol–water partition coefficient (Wildman–Crippen LogP) is 2.60. The van der Waals surface area contributed by atoms with Crippen molar-refractivity contribution in [2.45, 2.75) is 44.6 Å². The number of nitrogen functional groups attached to an aromatic ring is 2. The molecule has 5 N–H and O–H groups in total. The summed E-state index contributed by atoms with van der Waals surface area (Å²) in [5, 5.41) is 3.24. The Bertz CT molecular complexity index is 1560. The summed E-state index contributed by atoms with van der Waals surface area (Å²) in [5.74, 6) is 1.38. The Hall–Kier alpha value is -4.05. The van der Waals surface area contributed by atoms with Crippen LogP contribution < -0.4 is 38.7 Å². The fourth-order valence-electron chi connectivity index (χ4n) is 6.61. The van der Waals surface area contributed by atoms with E-state index >= 15 is 0 Å². The number of nitrogens with one attached hydrogen (secondary N) is 1. The summed E-state index contributed by atoms with van der Waals surface area (Å²) in [6.07, 6.45) is 3.96. The van der Waals surface area contributed by atoms with Gasteiger partial charge in [-0.25, -0.2) is 9.97 Å². The second-order valence-electron chi connectivity index (χ2n) is 12.3. The number of anilines is 2. The molecule has 1 aliphatic heterocycles. The third-order valence-electron chi connectivity index (χ3n) is 9.11. The summed E-state index contributed by atoms with van der Waals surface area (Å²) < 4.78 is 11.6. The molecule has 1 unspecified atom stereocenters. The smallest absolute Gasteiger partial charge is 0.274 e. The van der Waals surface area contributed by atoms with Gasteiger partial charge in [0.05, 0.1) is 45.8 Å². The molecular weight excluding hydrogens is 635 g/mol. The van der Waals surface area contributed by atoms with Crippen molar-refractivity contribution in [3.63, 3.8) is 0 Å². The molecule has 0 bridgehead atoms. The molecule has 9 nitrogen and oxygen atoms in total. The lowest BCUT2D eigenvalue weighted by molar-refractivity contribution is -0.918. The van der Waals surface area contributed by atoms with Crippen LogP contribution in [-0.4, -0.2) is 66.8 Å². The first-order chi connectivity index (χ1) is 22.2. The quantitative estimate of drug-likeness (QED) is 0.186. The average molecular weight is 680 g/mol. The van der Waals surface area contributed by atoms with Crippen LogP contribution in [0.5, 0.6) is 11.5 Å². The fourth-order valence-corrected chi connectivity index (χ4v) is 6.73. The Morgan fingerprint density at radius 1 is 0.830 bits per heavy atom. The van der Waals surface area contributed by atoms with Gasteiger partial charge in [-0.05, 0) is 60.7 Å². The molecule has 1 saturated heterocycles. The lowest BCUT2D eigenvalue weighted by Crippen LogP contribution is -3.00. The van der Waals surface area contributed by atoms with Gasteiger partial charge in [-0.2, -0.15) is 0 Å². The molecule has 1 aromatic heterocycles. The third-order valence-corrected chi connectivity index (χ3v) is 9.39. The van der Waals surface area contributed by atoms with E-state index in [-0.39, 0.29) is 46.8 Å². The van der Waals surface area contributed by atoms with Crippen LogP contribution >= 0.6 is 11.6 Å². The predicted molar refractivity (Wildman–Crippen MR) is 183 cm³/mol. The van der Waals surface area contributed by atoms with Crippen LogP contribution in [0.1, 0.15) is 51.5 Å². The number of benzene rings is 3. The van der Waals surface area contributed by atoms with Crippen molar-refractivity contribution in [3.05, 3.63) is 106 Å². The number of methoxy groups -OCH3 is 2. The van der Waals surface area contributed by atoms with E-state index < -0.39 is 5.91 Å². The number of likely N-dealkylation sites (tertiary alicyclic amines) is 1. The molecular formula is C36H44Cl2N6O3. The SMILES string of the molecule is COc1ccc(CCC[N+]2(CCCc3ccc(OC)cc3)CC(c3ccc(C)cc3)[C@H](NC(=O)c3nc(Cl)c(N)nc3N)C2)cc1.[Cl-]. The first-order valence-electron chi connectivity index (χ1n) is 15.8. The fraction of sp³-hybridized carbons (Fsp3) is 0.361. The van der Waals surface area contributed by atoms with E-state index in [1.807, 2.05) is 24.3 Å². The largest absolute Gasteiger partial charge is 1.00 e.